The van der Waals surface area contributed by atoms with Crippen molar-refractivity contribution < 1.29 is 8.42 Å². The maximum absolute atomic E-state index is 10.9. The lowest BCUT2D eigenvalue weighted by molar-refractivity contribution is 0.597. The number of rotatable bonds is 6. The standard InChI is InChI=1S/C6H11NO2S2/c1-3-5-10-7-11(8,9)6-4-2/h3-4,7H,1-2,5-6H2. The molecule has 0 aliphatic carbocycles. The second-order valence-corrected chi connectivity index (χ2v) is 4.60. The lowest BCUT2D eigenvalue weighted by atomic mass is 10.8. The lowest BCUT2D eigenvalue weighted by Crippen LogP contribution is -2.19. The Kier molecular flexibility index (Phi) is 5.27. The smallest absolute Gasteiger partial charge is 0.211 e. The van der Waals surface area contributed by atoms with Crippen molar-refractivity contribution in [2.24, 2.45) is 0 Å². The van der Waals surface area contributed by atoms with E-state index in [4.69, 9.17) is 0 Å². The Bertz CT molecular complexity index is 221. The Morgan fingerprint density at radius 1 is 1.36 bits per heavy atom. The molecule has 1 N–H and O–H groups in total. The molecule has 0 heterocycles. The van der Waals surface area contributed by atoms with Crippen molar-refractivity contribution in [1.82, 2.24) is 4.13 Å². The molecule has 0 fully saturated rings. The maximum atomic E-state index is 10.9. The van der Waals surface area contributed by atoms with Crippen LogP contribution in [0.4, 0.5) is 0 Å². The zero-order chi connectivity index (χ0) is 8.74. The van der Waals surface area contributed by atoms with Crippen molar-refractivity contribution in [2.75, 3.05) is 11.5 Å². The molecule has 0 saturated heterocycles. The van der Waals surface area contributed by atoms with Gasteiger partial charge in [0.05, 0.1) is 5.75 Å². The summed E-state index contributed by atoms with van der Waals surface area (Å²) in [5.41, 5.74) is 0. The minimum atomic E-state index is -3.16. The predicted molar refractivity (Wildman–Crippen MR) is 49.8 cm³/mol. The highest BCUT2D eigenvalue weighted by Crippen LogP contribution is 1.97. The van der Waals surface area contributed by atoms with Crippen LogP contribution in [-0.4, -0.2) is 19.9 Å². The second kappa shape index (κ2) is 5.40. The fourth-order valence-corrected chi connectivity index (χ4v) is 2.06. The SMILES string of the molecule is C=CCSNS(=O)(=O)CC=C. The lowest BCUT2D eigenvalue weighted by Gasteiger charge is -1.99. The van der Waals surface area contributed by atoms with Gasteiger partial charge in [0.1, 0.15) is 0 Å². The molecule has 0 saturated carbocycles. The zero-order valence-corrected chi connectivity index (χ0v) is 7.75. The van der Waals surface area contributed by atoms with Crippen LogP contribution in [0.3, 0.4) is 0 Å². The Morgan fingerprint density at radius 3 is 2.45 bits per heavy atom. The third-order valence-corrected chi connectivity index (χ3v) is 3.29. The number of nitrogens with one attached hydrogen (secondary N) is 1. The van der Waals surface area contributed by atoms with E-state index < -0.39 is 10.0 Å². The molecular formula is C6H11NO2S2. The van der Waals surface area contributed by atoms with Crippen molar-refractivity contribution in [3.05, 3.63) is 25.3 Å². The van der Waals surface area contributed by atoms with Gasteiger partial charge in [-0.2, -0.15) is 4.13 Å². The van der Waals surface area contributed by atoms with E-state index in [1.807, 2.05) is 0 Å². The van der Waals surface area contributed by atoms with Gasteiger partial charge in [0.2, 0.25) is 10.0 Å². The van der Waals surface area contributed by atoms with E-state index in [9.17, 15) is 8.42 Å². The molecule has 0 spiro atoms. The average molecular weight is 193 g/mol. The van der Waals surface area contributed by atoms with Crippen molar-refractivity contribution in [3.63, 3.8) is 0 Å². The van der Waals surface area contributed by atoms with E-state index in [1.54, 1.807) is 6.08 Å². The van der Waals surface area contributed by atoms with Gasteiger partial charge in [-0.1, -0.05) is 24.1 Å². The van der Waals surface area contributed by atoms with Gasteiger partial charge < -0.3 is 0 Å². The first-order chi connectivity index (χ1) is 5.12. The monoisotopic (exact) mass is 193 g/mol. The molecule has 5 heteroatoms. The van der Waals surface area contributed by atoms with Gasteiger partial charge in [-0.05, 0) is 0 Å². The molecule has 0 bridgehead atoms. The van der Waals surface area contributed by atoms with Crippen LogP contribution < -0.4 is 4.13 Å². The Hall–Kier alpha value is -0.260. The highest BCUT2D eigenvalue weighted by molar-refractivity contribution is 8.09. The van der Waals surface area contributed by atoms with E-state index in [-0.39, 0.29) is 5.75 Å². The summed E-state index contributed by atoms with van der Waals surface area (Å²) >= 11 is 1.10. The topological polar surface area (TPSA) is 46.2 Å². The first-order valence-corrected chi connectivity index (χ1v) is 5.59. The maximum Gasteiger partial charge on any atom is 0.224 e. The van der Waals surface area contributed by atoms with Gasteiger partial charge in [0.25, 0.3) is 0 Å². The number of hydrogen-bond donors (Lipinski definition) is 1. The van der Waals surface area contributed by atoms with Crippen LogP contribution in [0, 0.1) is 0 Å². The first-order valence-electron chi connectivity index (χ1n) is 2.95. The summed E-state index contributed by atoms with van der Waals surface area (Å²) < 4.78 is 24.0. The Morgan fingerprint density at radius 2 is 2.00 bits per heavy atom. The van der Waals surface area contributed by atoms with Gasteiger partial charge in [-0.15, -0.1) is 13.2 Å². The first kappa shape index (κ1) is 10.7. The highest BCUT2D eigenvalue weighted by atomic mass is 32.3. The van der Waals surface area contributed by atoms with Crippen molar-refractivity contribution in [3.8, 4) is 0 Å². The van der Waals surface area contributed by atoms with Crippen LogP contribution in [0.25, 0.3) is 0 Å². The van der Waals surface area contributed by atoms with Crippen molar-refractivity contribution >= 4 is 22.0 Å². The summed E-state index contributed by atoms with van der Waals surface area (Å²) in [6.07, 6.45) is 2.97. The average Bonchev–Trinajstić information content (AvgIpc) is 1.87. The molecule has 0 amide bonds. The Balaban J connectivity index is 3.73. The molecule has 0 aliphatic rings. The van der Waals surface area contributed by atoms with Crippen LogP contribution in [0.1, 0.15) is 0 Å². The molecule has 11 heavy (non-hydrogen) atoms. The van der Waals surface area contributed by atoms with E-state index in [0.717, 1.165) is 11.9 Å². The Labute approximate surface area is 71.8 Å². The highest BCUT2D eigenvalue weighted by Gasteiger charge is 2.04. The molecule has 0 aromatic heterocycles. The molecule has 0 unspecified atom stereocenters. The van der Waals surface area contributed by atoms with Gasteiger partial charge in [0, 0.05) is 5.75 Å². The fourth-order valence-electron chi connectivity index (χ4n) is 0.372. The number of hydrogen-bond acceptors (Lipinski definition) is 3. The predicted octanol–water partition coefficient (Wildman–Crippen LogP) is 0.926. The normalized spacial score (nSPS) is 10.9. The quantitative estimate of drug-likeness (QED) is 0.388. The summed E-state index contributed by atoms with van der Waals surface area (Å²) in [5, 5.41) is 0. The molecule has 0 rings (SSSR count). The fraction of sp³-hybridized carbons (Fsp3) is 0.333. The van der Waals surface area contributed by atoms with Crippen LogP contribution >= 0.6 is 11.9 Å². The third-order valence-electron chi connectivity index (χ3n) is 0.724. The number of sulfonamides is 1. The molecule has 64 valence electrons. The van der Waals surface area contributed by atoms with E-state index in [1.165, 1.54) is 6.08 Å². The van der Waals surface area contributed by atoms with E-state index in [0.29, 0.717) is 5.75 Å². The molecule has 3 nitrogen and oxygen atoms in total. The molecule has 0 aliphatic heterocycles. The van der Waals surface area contributed by atoms with Gasteiger partial charge in [-0.25, -0.2) is 8.42 Å². The van der Waals surface area contributed by atoms with Gasteiger partial charge in [0.15, 0.2) is 0 Å². The molecule has 0 aromatic rings. The zero-order valence-electron chi connectivity index (χ0n) is 6.12. The van der Waals surface area contributed by atoms with Crippen LogP contribution in [-0.2, 0) is 10.0 Å². The van der Waals surface area contributed by atoms with Crippen molar-refractivity contribution in [1.29, 1.82) is 0 Å². The summed E-state index contributed by atoms with van der Waals surface area (Å²) in [4.78, 5) is 0. The third kappa shape index (κ3) is 6.15. The van der Waals surface area contributed by atoms with Crippen molar-refractivity contribution in [2.45, 2.75) is 0 Å². The largest absolute Gasteiger partial charge is 0.224 e. The van der Waals surface area contributed by atoms with Crippen LogP contribution in [0.2, 0.25) is 0 Å². The van der Waals surface area contributed by atoms with Crippen LogP contribution in [0.15, 0.2) is 25.3 Å². The van der Waals surface area contributed by atoms with E-state index in [2.05, 4.69) is 17.3 Å². The van der Waals surface area contributed by atoms with Crippen LogP contribution in [0.5, 0.6) is 0 Å². The second-order valence-electron chi connectivity index (χ2n) is 1.75. The summed E-state index contributed by atoms with van der Waals surface area (Å²) in [6, 6.07) is 0. The molecule has 0 aromatic carbocycles. The summed E-state index contributed by atoms with van der Waals surface area (Å²) in [7, 11) is -3.16. The minimum Gasteiger partial charge on any atom is -0.211 e. The minimum absolute atomic E-state index is 0.0445. The summed E-state index contributed by atoms with van der Waals surface area (Å²) in [5.74, 6) is 0.521. The van der Waals surface area contributed by atoms with E-state index >= 15 is 0 Å². The molecule has 0 atom stereocenters. The molecule has 0 radical (unpaired) electrons. The summed E-state index contributed by atoms with van der Waals surface area (Å²) in [6.45, 7) is 6.78. The van der Waals surface area contributed by atoms with Gasteiger partial charge >= 0.3 is 0 Å². The molecular weight excluding hydrogens is 182 g/mol. The van der Waals surface area contributed by atoms with Gasteiger partial charge in [-0.3, -0.25) is 0 Å².